The average Bonchev–Trinajstić information content (AvgIpc) is 2.89. The monoisotopic (exact) mass is 474 g/mol. The Hall–Kier alpha value is -4.23. The van der Waals surface area contributed by atoms with E-state index in [4.69, 9.17) is 14.2 Å². The summed E-state index contributed by atoms with van der Waals surface area (Å²) < 4.78 is 16.8. The second kappa shape index (κ2) is 10.8. The summed E-state index contributed by atoms with van der Waals surface area (Å²) in [4.78, 5) is 26.6. The number of hydrogen-bond acceptors (Lipinski definition) is 9. The van der Waals surface area contributed by atoms with Crippen LogP contribution in [0.2, 0.25) is 0 Å². The fourth-order valence-electron chi connectivity index (χ4n) is 3.63. The molecule has 1 fully saturated rings. The van der Waals surface area contributed by atoms with Gasteiger partial charge in [0.1, 0.15) is 30.1 Å². The van der Waals surface area contributed by atoms with E-state index in [-0.39, 0.29) is 17.7 Å². The fourth-order valence-corrected chi connectivity index (χ4v) is 3.63. The van der Waals surface area contributed by atoms with Crippen LogP contribution in [-0.2, 0) is 4.74 Å². The molecule has 3 aromatic rings. The lowest BCUT2D eigenvalue weighted by molar-refractivity contribution is 0.0254. The second-order valence-electron chi connectivity index (χ2n) is 8.14. The van der Waals surface area contributed by atoms with Crippen LogP contribution in [0.25, 0.3) is 11.3 Å². The SMILES string of the molecule is COc1cc(Nc2cc(-c3ccc(OC4CCOCC4)c(C#N)c3)ncn2)cnc1C(=O)N(C)C. The number of nitrogens with one attached hydrogen (secondary N) is 1. The van der Waals surface area contributed by atoms with Crippen LogP contribution >= 0.6 is 0 Å². The van der Waals surface area contributed by atoms with Crippen LogP contribution < -0.4 is 14.8 Å². The molecule has 3 heterocycles. The minimum atomic E-state index is -0.254. The van der Waals surface area contributed by atoms with Crippen LogP contribution in [0.1, 0.15) is 28.9 Å². The van der Waals surface area contributed by atoms with Crippen LogP contribution in [0.4, 0.5) is 11.5 Å². The third kappa shape index (κ3) is 5.65. The minimum Gasteiger partial charge on any atom is -0.494 e. The normalized spacial score (nSPS) is 13.5. The number of hydrogen-bond donors (Lipinski definition) is 1. The molecule has 10 nitrogen and oxygen atoms in total. The molecule has 4 rings (SSSR count). The first-order valence-corrected chi connectivity index (χ1v) is 11.1. The molecule has 1 aliphatic rings. The summed E-state index contributed by atoms with van der Waals surface area (Å²) >= 11 is 0. The quantitative estimate of drug-likeness (QED) is 0.549. The number of carbonyl (C=O) groups excluding carboxylic acids is 1. The molecule has 0 spiro atoms. The van der Waals surface area contributed by atoms with E-state index in [0.717, 1.165) is 18.4 Å². The van der Waals surface area contributed by atoms with E-state index in [1.165, 1.54) is 24.5 Å². The topological polar surface area (TPSA) is 122 Å². The number of nitrogens with zero attached hydrogens (tertiary/aromatic N) is 5. The number of carbonyl (C=O) groups is 1. The summed E-state index contributed by atoms with van der Waals surface area (Å²) in [5.74, 6) is 1.17. The second-order valence-corrected chi connectivity index (χ2v) is 8.14. The highest BCUT2D eigenvalue weighted by Crippen LogP contribution is 2.29. The van der Waals surface area contributed by atoms with Gasteiger partial charge in [-0.1, -0.05) is 0 Å². The molecular formula is C25H26N6O4. The molecular weight excluding hydrogens is 448 g/mol. The van der Waals surface area contributed by atoms with Crippen LogP contribution in [0, 0.1) is 11.3 Å². The van der Waals surface area contributed by atoms with Crippen LogP contribution in [0.3, 0.4) is 0 Å². The Morgan fingerprint density at radius 3 is 2.66 bits per heavy atom. The number of pyridine rings is 1. The maximum absolute atomic E-state index is 12.3. The van der Waals surface area contributed by atoms with Gasteiger partial charge in [-0.25, -0.2) is 15.0 Å². The summed E-state index contributed by atoms with van der Waals surface area (Å²) in [6, 6.07) is 11.1. The lowest BCUT2D eigenvalue weighted by atomic mass is 10.1. The van der Waals surface area contributed by atoms with Crippen molar-refractivity contribution < 1.29 is 19.0 Å². The summed E-state index contributed by atoms with van der Waals surface area (Å²) in [5, 5.41) is 12.8. The van der Waals surface area contributed by atoms with Crippen molar-refractivity contribution in [2.75, 3.05) is 39.7 Å². The first-order chi connectivity index (χ1) is 17.0. The number of rotatable bonds is 7. The molecule has 180 valence electrons. The van der Waals surface area contributed by atoms with Gasteiger partial charge in [-0.2, -0.15) is 5.26 Å². The van der Waals surface area contributed by atoms with Crippen molar-refractivity contribution in [1.29, 1.82) is 5.26 Å². The van der Waals surface area contributed by atoms with E-state index in [1.807, 2.05) is 6.07 Å². The van der Waals surface area contributed by atoms with E-state index in [9.17, 15) is 10.1 Å². The zero-order valence-corrected chi connectivity index (χ0v) is 19.8. The van der Waals surface area contributed by atoms with Gasteiger partial charge in [0.2, 0.25) is 0 Å². The number of methoxy groups -OCH3 is 1. The molecule has 1 saturated heterocycles. The maximum atomic E-state index is 12.3. The van der Waals surface area contributed by atoms with E-state index < -0.39 is 0 Å². The van der Waals surface area contributed by atoms with Crippen LogP contribution in [0.15, 0.2) is 42.9 Å². The number of ether oxygens (including phenoxy) is 3. The zero-order chi connectivity index (χ0) is 24.8. The highest BCUT2D eigenvalue weighted by Gasteiger charge is 2.19. The van der Waals surface area contributed by atoms with Crippen molar-refractivity contribution in [1.82, 2.24) is 19.9 Å². The Morgan fingerprint density at radius 2 is 1.94 bits per heavy atom. The lowest BCUT2D eigenvalue weighted by Gasteiger charge is -2.23. The van der Waals surface area contributed by atoms with E-state index in [0.29, 0.717) is 47.5 Å². The van der Waals surface area contributed by atoms with Crippen molar-refractivity contribution in [2.45, 2.75) is 18.9 Å². The Balaban J connectivity index is 1.54. The number of anilines is 2. The molecule has 0 aliphatic carbocycles. The molecule has 1 aromatic carbocycles. The van der Waals surface area contributed by atoms with Crippen molar-refractivity contribution in [3.8, 4) is 28.8 Å². The molecule has 0 saturated carbocycles. The maximum Gasteiger partial charge on any atom is 0.275 e. The highest BCUT2D eigenvalue weighted by molar-refractivity contribution is 5.95. The molecule has 0 unspecified atom stereocenters. The van der Waals surface area contributed by atoms with Crippen molar-refractivity contribution in [2.24, 2.45) is 0 Å². The first kappa shape index (κ1) is 23.9. The third-order valence-electron chi connectivity index (χ3n) is 5.48. The van der Waals surface area contributed by atoms with Gasteiger partial charge in [0.05, 0.1) is 43.5 Å². The third-order valence-corrected chi connectivity index (χ3v) is 5.48. The predicted octanol–water partition coefficient (Wildman–Crippen LogP) is 3.42. The van der Waals surface area contributed by atoms with Gasteiger partial charge in [0.15, 0.2) is 11.4 Å². The number of benzene rings is 1. The van der Waals surface area contributed by atoms with E-state index >= 15 is 0 Å². The molecule has 1 aliphatic heterocycles. The van der Waals surface area contributed by atoms with Crippen LogP contribution in [-0.4, -0.2) is 66.3 Å². The van der Waals surface area contributed by atoms with Gasteiger partial charge in [0, 0.05) is 44.6 Å². The standard InChI is InChI=1S/C25H26N6O4/c1-31(2)25(32)24-22(33-3)11-18(14-27-24)30-23-12-20(28-15-29-23)16-4-5-21(17(10-16)13-26)35-19-6-8-34-9-7-19/h4-5,10-12,14-15,19H,6-9H2,1-3H3,(H,28,29,30). The van der Waals surface area contributed by atoms with E-state index in [2.05, 4.69) is 26.3 Å². The molecule has 0 radical (unpaired) electrons. The predicted molar refractivity (Wildman–Crippen MR) is 129 cm³/mol. The van der Waals surface area contributed by atoms with Crippen LogP contribution in [0.5, 0.6) is 11.5 Å². The molecule has 35 heavy (non-hydrogen) atoms. The molecule has 10 heteroatoms. The summed E-state index contributed by atoms with van der Waals surface area (Å²) in [6.45, 7) is 1.33. The number of nitriles is 1. The number of aromatic nitrogens is 3. The highest BCUT2D eigenvalue weighted by atomic mass is 16.5. The Labute approximate surface area is 203 Å². The molecule has 2 aromatic heterocycles. The zero-order valence-electron chi connectivity index (χ0n) is 19.8. The Kier molecular flexibility index (Phi) is 7.38. The molecule has 0 atom stereocenters. The first-order valence-electron chi connectivity index (χ1n) is 11.1. The van der Waals surface area contributed by atoms with Gasteiger partial charge in [-0.15, -0.1) is 0 Å². The summed E-state index contributed by atoms with van der Waals surface area (Å²) in [6.07, 6.45) is 4.62. The lowest BCUT2D eigenvalue weighted by Crippen LogP contribution is -2.26. The minimum absolute atomic E-state index is 0.0431. The Morgan fingerprint density at radius 1 is 1.14 bits per heavy atom. The fraction of sp³-hybridized carbons (Fsp3) is 0.320. The van der Waals surface area contributed by atoms with Crippen molar-refractivity contribution >= 4 is 17.4 Å². The summed E-state index contributed by atoms with van der Waals surface area (Å²) in [5.41, 5.74) is 2.65. The van der Waals surface area contributed by atoms with Gasteiger partial charge in [-0.3, -0.25) is 4.79 Å². The Bertz CT molecular complexity index is 1250. The molecule has 1 amide bonds. The number of amides is 1. The van der Waals surface area contributed by atoms with Gasteiger partial charge in [0.25, 0.3) is 5.91 Å². The smallest absolute Gasteiger partial charge is 0.275 e. The largest absolute Gasteiger partial charge is 0.494 e. The molecule has 0 bridgehead atoms. The molecule has 1 N–H and O–H groups in total. The average molecular weight is 475 g/mol. The van der Waals surface area contributed by atoms with Gasteiger partial charge < -0.3 is 24.4 Å². The van der Waals surface area contributed by atoms with Crippen molar-refractivity contribution in [3.63, 3.8) is 0 Å². The van der Waals surface area contributed by atoms with E-state index in [1.54, 1.807) is 38.4 Å². The van der Waals surface area contributed by atoms with Crippen molar-refractivity contribution in [3.05, 3.63) is 54.1 Å². The summed E-state index contributed by atoms with van der Waals surface area (Å²) in [7, 11) is 4.79. The van der Waals surface area contributed by atoms with Gasteiger partial charge >= 0.3 is 0 Å². The van der Waals surface area contributed by atoms with Gasteiger partial charge in [-0.05, 0) is 18.2 Å².